The molecule has 0 bridgehead atoms. The molecule has 2 N–H and O–H groups in total. The average Bonchev–Trinajstić information content (AvgIpc) is 2.94. The molecule has 0 radical (unpaired) electrons. The molecular weight excluding hydrogens is 318 g/mol. The summed E-state index contributed by atoms with van der Waals surface area (Å²) in [7, 11) is 1.66. The van der Waals surface area contributed by atoms with Crippen molar-refractivity contribution in [1.29, 1.82) is 0 Å². The van der Waals surface area contributed by atoms with Crippen LogP contribution in [0.5, 0.6) is 11.5 Å². The molecule has 104 valence electrons. The Morgan fingerprint density at radius 1 is 1.25 bits per heavy atom. The van der Waals surface area contributed by atoms with Crippen molar-refractivity contribution in [3.63, 3.8) is 0 Å². The van der Waals surface area contributed by atoms with Gasteiger partial charge in [0.2, 0.25) is 0 Å². The molecule has 0 aliphatic carbocycles. The van der Waals surface area contributed by atoms with Gasteiger partial charge < -0.3 is 15.2 Å². The quantitative estimate of drug-likeness (QED) is 0.935. The molecule has 0 amide bonds. The van der Waals surface area contributed by atoms with Gasteiger partial charge in [-0.15, -0.1) is 0 Å². The highest BCUT2D eigenvalue weighted by Gasteiger charge is 2.22. The maximum absolute atomic E-state index is 6.44. The van der Waals surface area contributed by atoms with Crippen LogP contribution >= 0.6 is 15.9 Å². The number of hydrogen-bond donors (Lipinski definition) is 1. The van der Waals surface area contributed by atoms with Gasteiger partial charge in [-0.05, 0) is 17.7 Å². The largest absolute Gasteiger partial charge is 0.496 e. The number of hydrogen-bond acceptors (Lipinski definition) is 3. The van der Waals surface area contributed by atoms with Crippen molar-refractivity contribution in [1.82, 2.24) is 0 Å². The second kappa shape index (κ2) is 5.46. The molecule has 20 heavy (non-hydrogen) atoms. The zero-order valence-corrected chi connectivity index (χ0v) is 12.8. The zero-order valence-electron chi connectivity index (χ0n) is 11.2. The van der Waals surface area contributed by atoms with E-state index in [2.05, 4.69) is 22.0 Å². The van der Waals surface area contributed by atoms with Crippen LogP contribution in [0.25, 0.3) is 0 Å². The Morgan fingerprint density at radius 2 is 2.10 bits per heavy atom. The fraction of sp³-hybridized carbons (Fsp3) is 0.250. The summed E-state index contributed by atoms with van der Waals surface area (Å²) in [4.78, 5) is 0. The predicted molar refractivity (Wildman–Crippen MR) is 82.4 cm³/mol. The molecule has 3 nitrogen and oxygen atoms in total. The highest BCUT2D eigenvalue weighted by Crippen LogP contribution is 2.38. The molecule has 0 saturated heterocycles. The first-order valence-electron chi connectivity index (χ1n) is 6.54. The Bertz CT molecular complexity index is 642. The van der Waals surface area contributed by atoms with Gasteiger partial charge in [0, 0.05) is 22.0 Å². The first-order chi connectivity index (χ1) is 9.70. The molecule has 0 spiro atoms. The van der Waals surface area contributed by atoms with Crippen molar-refractivity contribution in [2.75, 3.05) is 13.7 Å². The van der Waals surface area contributed by atoms with E-state index in [1.807, 2.05) is 30.3 Å². The third-order valence-electron chi connectivity index (χ3n) is 3.61. The third-order valence-corrected chi connectivity index (χ3v) is 4.10. The normalized spacial score (nSPS) is 14.6. The van der Waals surface area contributed by atoms with E-state index >= 15 is 0 Å². The lowest BCUT2D eigenvalue weighted by molar-refractivity contribution is 0.352. The summed E-state index contributed by atoms with van der Waals surface area (Å²) >= 11 is 3.45. The number of halogens is 1. The summed E-state index contributed by atoms with van der Waals surface area (Å²) < 4.78 is 12.1. The SMILES string of the molecule is COc1cc(Br)ccc1C(N)c1cccc2c1OCC2. The maximum Gasteiger partial charge on any atom is 0.127 e. The topological polar surface area (TPSA) is 44.5 Å². The maximum atomic E-state index is 6.44. The second-order valence-electron chi connectivity index (χ2n) is 4.80. The minimum absolute atomic E-state index is 0.258. The van der Waals surface area contributed by atoms with E-state index < -0.39 is 0 Å². The van der Waals surface area contributed by atoms with Crippen molar-refractivity contribution in [2.45, 2.75) is 12.5 Å². The van der Waals surface area contributed by atoms with Crippen LogP contribution in [0, 0.1) is 0 Å². The van der Waals surface area contributed by atoms with Crippen molar-refractivity contribution in [3.8, 4) is 11.5 Å². The Morgan fingerprint density at radius 3 is 2.90 bits per heavy atom. The van der Waals surface area contributed by atoms with Crippen LogP contribution in [0.3, 0.4) is 0 Å². The fourth-order valence-electron chi connectivity index (χ4n) is 2.59. The first-order valence-corrected chi connectivity index (χ1v) is 7.33. The Hall–Kier alpha value is -1.52. The average molecular weight is 334 g/mol. The van der Waals surface area contributed by atoms with E-state index in [0.29, 0.717) is 0 Å². The number of para-hydroxylation sites is 1. The van der Waals surface area contributed by atoms with Crippen LogP contribution in [-0.4, -0.2) is 13.7 Å². The summed E-state index contributed by atoms with van der Waals surface area (Å²) in [5, 5.41) is 0. The molecule has 2 aromatic rings. The van der Waals surface area contributed by atoms with Crippen LogP contribution in [0.15, 0.2) is 40.9 Å². The Kier molecular flexibility index (Phi) is 3.68. The molecule has 4 heteroatoms. The molecule has 1 unspecified atom stereocenters. The molecule has 1 aliphatic rings. The molecule has 0 aromatic heterocycles. The van der Waals surface area contributed by atoms with E-state index in [4.69, 9.17) is 15.2 Å². The second-order valence-corrected chi connectivity index (χ2v) is 5.71. The lowest BCUT2D eigenvalue weighted by Crippen LogP contribution is -2.14. The van der Waals surface area contributed by atoms with Crippen LogP contribution in [0.4, 0.5) is 0 Å². The highest BCUT2D eigenvalue weighted by molar-refractivity contribution is 9.10. The van der Waals surface area contributed by atoms with E-state index in [0.717, 1.165) is 40.1 Å². The fourth-order valence-corrected chi connectivity index (χ4v) is 2.94. The molecule has 0 saturated carbocycles. The van der Waals surface area contributed by atoms with E-state index in [1.165, 1.54) is 5.56 Å². The summed E-state index contributed by atoms with van der Waals surface area (Å²) in [6.45, 7) is 0.733. The smallest absolute Gasteiger partial charge is 0.127 e. The minimum atomic E-state index is -0.258. The summed E-state index contributed by atoms with van der Waals surface area (Å²) in [5.41, 5.74) is 9.64. The molecule has 3 rings (SSSR count). The van der Waals surface area contributed by atoms with Gasteiger partial charge in [-0.25, -0.2) is 0 Å². The van der Waals surface area contributed by atoms with Crippen LogP contribution in [0.2, 0.25) is 0 Å². The lowest BCUT2D eigenvalue weighted by atomic mass is 9.96. The van der Waals surface area contributed by atoms with Gasteiger partial charge in [-0.3, -0.25) is 0 Å². The number of ether oxygens (including phenoxy) is 2. The number of rotatable bonds is 3. The number of nitrogens with two attached hydrogens (primary N) is 1. The number of fused-ring (bicyclic) bond motifs is 1. The highest BCUT2D eigenvalue weighted by atomic mass is 79.9. The van der Waals surface area contributed by atoms with Crippen LogP contribution in [-0.2, 0) is 6.42 Å². The summed E-state index contributed by atoms with van der Waals surface area (Å²) in [6, 6.07) is 11.8. The minimum Gasteiger partial charge on any atom is -0.496 e. The van der Waals surface area contributed by atoms with Gasteiger partial charge >= 0.3 is 0 Å². The van der Waals surface area contributed by atoms with Crippen molar-refractivity contribution < 1.29 is 9.47 Å². The summed E-state index contributed by atoms with van der Waals surface area (Å²) in [5.74, 6) is 1.72. The van der Waals surface area contributed by atoms with Crippen molar-refractivity contribution in [2.24, 2.45) is 5.73 Å². The Labute approximate surface area is 126 Å². The molecule has 1 aliphatic heterocycles. The van der Waals surface area contributed by atoms with E-state index in [-0.39, 0.29) is 6.04 Å². The standard InChI is InChI=1S/C16H16BrNO2/c1-19-14-9-11(17)5-6-12(14)15(18)13-4-2-3-10-7-8-20-16(10)13/h2-6,9,15H,7-8,18H2,1H3. The lowest BCUT2D eigenvalue weighted by Gasteiger charge is -2.18. The van der Waals surface area contributed by atoms with Crippen LogP contribution in [0.1, 0.15) is 22.7 Å². The van der Waals surface area contributed by atoms with Crippen molar-refractivity contribution in [3.05, 3.63) is 57.6 Å². The third kappa shape index (κ3) is 2.30. The van der Waals surface area contributed by atoms with E-state index in [1.54, 1.807) is 7.11 Å². The molecule has 0 fully saturated rings. The number of benzene rings is 2. The molecular formula is C16H16BrNO2. The van der Waals surface area contributed by atoms with Crippen LogP contribution < -0.4 is 15.2 Å². The van der Waals surface area contributed by atoms with Gasteiger partial charge in [-0.1, -0.05) is 40.2 Å². The van der Waals surface area contributed by atoms with Gasteiger partial charge in [0.15, 0.2) is 0 Å². The Balaban J connectivity index is 2.05. The summed E-state index contributed by atoms with van der Waals surface area (Å²) in [6.07, 6.45) is 0.952. The predicted octanol–water partition coefficient (Wildman–Crippen LogP) is 3.44. The van der Waals surface area contributed by atoms with Gasteiger partial charge in [0.1, 0.15) is 11.5 Å². The van der Waals surface area contributed by atoms with Crippen molar-refractivity contribution >= 4 is 15.9 Å². The monoisotopic (exact) mass is 333 g/mol. The first kappa shape index (κ1) is 13.5. The zero-order chi connectivity index (χ0) is 14.1. The molecule has 2 aromatic carbocycles. The number of methoxy groups -OCH3 is 1. The van der Waals surface area contributed by atoms with Gasteiger partial charge in [0.05, 0.1) is 19.8 Å². The molecule has 1 heterocycles. The van der Waals surface area contributed by atoms with Gasteiger partial charge in [-0.2, -0.15) is 0 Å². The van der Waals surface area contributed by atoms with E-state index in [9.17, 15) is 0 Å². The molecule has 1 atom stereocenters. The van der Waals surface area contributed by atoms with Gasteiger partial charge in [0.25, 0.3) is 0 Å².